The number of carbonyl (C=O) groups excluding carboxylic acids is 1. The monoisotopic (exact) mass is 579 g/mol. The fourth-order valence-electron chi connectivity index (χ4n) is 4.59. The van der Waals surface area contributed by atoms with Crippen LogP contribution in [0.5, 0.6) is 11.5 Å². The van der Waals surface area contributed by atoms with E-state index in [2.05, 4.69) is 5.32 Å². The molecule has 0 bridgehead atoms. The van der Waals surface area contributed by atoms with Gasteiger partial charge in [-0.3, -0.25) is 9.10 Å². The minimum atomic E-state index is -3.65. The van der Waals surface area contributed by atoms with Crippen LogP contribution in [-0.2, 0) is 30.3 Å². The molecule has 0 spiro atoms. The number of ether oxygens (including phenoxy) is 2. The van der Waals surface area contributed by atoms with E-state index in [0.29, 0.717) is 30.3 Å². The third-order valence-corrected chi connectivity index (χ3v) is 9.89. The van der Waals surface area contributed by atoms with Gasteiger partial charge in [-0.05, 0) is 60.2 Å². The first-order valence-electron chi connectivity index (χ1n) is 13.1. The van der Waals surface area contributed by atoms with Crippen molar-refractivity contribution in [1.29, 1.82) is 0 Å². The predicted molar refractivity (Wildman–Crippen MR) is 149 cm³/mol. The van der Waals surface area contributed by atoms with E-state index in [1.165, 1.54) is 20.7 Å². The van der Waals surface area contributed by atoms with Crippen LogP contribution < -0.4 is 19.1 Å². The van der Waals surface area contributed by atoms with E-state index in [0.717, 1.165) is 31.1 Å². The lowest BCUT2D eigenvalue weighted by Crippen LogP contribution is -2.51. The van der Waals surface area contributed by atoms with Gasteiger partial charge in [-0.2, -0.15) is 4.31 Å². The lowest BCUT2D eigenvalue weighted by molar-refractivity contribution is -0.127. The van der Waals surface area contributed by atoms with Gasteiger partial charge in [-0.25, -0.2) is 16.8 Å². The van der Waals surface area contributed by atoms with Gasteiger partial charge in [-0.15, -0.1) is 0 Å². The van der Waals surface area contributed by atoms with Crippen molar-refractivity contribution in [1.82, 2.24) is 9.62 Å². The summed E-state index contributed by atoms with van der Waals surface area (Å²) in [7, 11) is -7.16. The molecule has 2 aliphatic heterocycles. The van der Waals surface area contributed by atoms with Crippen LogP contribution in [0.25, 0.3) is 0 Å². The Morgan fingerprint density at radius 1 is 1.03 bits per heavy atom. The molecule has 10 nitrogen and oxygen atoms in total. The van der Waals surface area contributed by atoms with Crippen molar-refractivity contribution in [2.75, 3.05) is 43.3 Å². The lowest BCUT2D eigenvalue weighted by Gasteiger charge is -2.35. The topological polar surface area (TPSA) is 122 Å². The highest BCUT2D eigenvalue weighted by Crippen LogP contribution is 2.38. The Hall–Kier alpha value is -2.83. The zero-order valence-corrected chi connectivity index (χ0v) is 24.5. The molecule has 1 atom stereocenters. The molecule has 4 rings (SSSR count). The SMILES string of the molecule is CC(C)(C)c1ccc2c(c1)N(S(C)(=O)=O)C[C@H](C(=O)NCCOc1ccc(S(=O)(=O)N3CCCCC3)cc1)O2. The molecule has 0 radical (unpaired) electrons. The summed E-state index contributed by atoms with van der Waals surface area (Å²) >= 11 is 0. The molecule has 2 heterocycles. The average molecular weight is 580 g/mol. The molecular formula is C27H37N3O7S2. The van der Waals surface area contributed by atoms with Crippen LogP contribution in [0.1, 0.15) is 45.6 Å². The standard InChI is InChI=1S/C27H37N3O7S2/c1-27(2,3)20-8-13-24-23(18-20)30(38(4,32)33)19-25(37-24)26(31)28-14-17-36-21-9-11-22(12-10-21)39(34,35)29-15-6-5-7-16-29/h8-13,18,25H,5-7,14-17,19H2,1-4H3,(H,28,31)/t25-/m1/s1. The highest BCUT2D eigenvalue weighted by atomic mass is 32.2. The summed E-state index contributed by atoms with van der Waals surface area (Å²) < 4.78 is 64.9. The molecule has 1 saturated heterocycles. The third-order valence-electron chi connectivity index (χ3n) is 6.83. The Morgan fingerprint density at radius 2 is 1.69 bits per heavy atom. The van der Waals surface area contributed by atoms with E-state index in [4.69, 9.17) is 9.47 Å². The molecule has 12 heteroatoms. The van der Waals surface area contributed by atoms with Gasteiger partial charge in [0.25, 0.3) is 5.91 Å². The maximum absolute atomic E-state index is 12.8. The molecule has 1 amide bonds. The molecule has 0 aliphatic carbocycles. The van der Waals surface area contributed by atoms with E-state index < -0.39 is 32.1 Å². The van der Waals surface area contributed by atoms with Gasteiger partial charge < -0.3 is 14.8 Å². The number of anilines is 1. The second-order valence-corrected chi connectivity index (χ2v) is 14.8. The van der Waals surface area contributed by atoms with Crippen molar-refractivity contribution in [3.05, 3.63) is 48.0 Å². The van der Waals surface area contributed by atoms with Gasteiger partial charge in [0.2, 0.25) is 20.0 Å². The van der Waals surface area contributed by atoms with Gasteiger partial charge in [0.05, 0.1) is 29.9 Å². The van der Waals surface area contributed by atoms with Crippen molar-refractivity contribution in [3.63, 3.8) is 0 Å². The lowest BCUT2D eigenvalue weighted by atomic mass is 9.86. The fraction of sp³-hybridized carbons (Fsp3) is 0.519. The van der Waals surface area contributed by atoms with Gasteiger partial charge in [0, 0.05) is 13.1 Å². The van der Waals surface area contributed by atoms with Crippen LogP contribution in [0.3, 0.4) is 0 Å². The summed E-state index contributed by atoms with van der Waals surface area (Å²) in [6.07, 6.45) is 2.87. The normalized spacial score (nSPS) is 18.7. The van der Waals surface area contributed by atoms with Crippen molar-refractivity contribution in [2.24, 2.45) is 0 Å². The number of nitrogens with zero attached hydrogens (tertiary/aromatic N) is 2. The second-order valence-electron chi connectivity index (χ2n) is 10.9. The number of nitrogens with one attached hydrogen (secondary N) is 1. The smallest absolute Gasteiger partial charge is 0.263 e. The van der Waals surface area contributed by atoms with Crippen molar-refractivity contribution in [3.8, 4) is 11.5 Å². The Balaban J connectivity index is 1.33. The maximum Gasteiger partial charge on any atom is 0.263 e. The number of fused-ring (bicyclic) bond motifs is 1. The maximum atomic E-state index is 12.8. The Labute approximate surface area is 231 Å². The Kier molecular flexibility index (Phi) is 8.48. The zero-order valence-electron chi connectivity index (χ0n) is 22.8. The molecule has 214 valence electrons. The molecule has 0 aromatic heterocycles. The number of sulfonamides is 2. The summed E-state index contributed by atoms with van der Waals surface area (Å²) in [5.74, 6) is 0.346. The summed E-state index contributed by atoms with van der Waals surface area (Å²) in [5.41, 5.74) is 1.19. The zero-order chi connectivity index (χ0) is 28.4. The van der Waals surface area contributed by atoms with Crippen molar-refractivity contribution in [2.45, 2.75) is 56.4 Å². The summed E-state index contributed by atoms with van der Waals surface area (Å²) in [4.78, 5) is 13.1. The van der Waals surface area contributed by atoms with Gasteiger partial charge in [-0.1, -0.05) is 33.3 Å². The molecule has 2 aromatic carbocycles. The molecule has 2 aliphatic rings. The van der Waals surface area contributed by atoms with Crippen LogP contribution >= 0.6 is 0 Å². The van der Waals surface area contributed by atoms with E-state index in [1.54, 1.807) is 24.3 Å². The van der Waals surface area contributed by atoms with Gasteiger partial charge in [0.1, 0.15) is 18.1 Å². The number of hydrogen-bond acceptors (Lipinski definition) is 7. The molecule has 1 N–H and O–H groups in total. The summed E-state index contributed by atoms with van der Waals surface area (Å²) in [6.45, 7) is 7.33. The first kappa shape index (κ1) is 29.2. The number of amides is 1. The number of piperidine rings is 1. The van der Waals surface area contributed by atoms with E-state index in [1.807, 2.05) is 26.8 Å². The highest BCUT2D eigenvalue weighted by Gasteiger charge is 2.35. The third kappa shape index (κ3) is 6.85. The van der Waals surface area contributed by atoms with Gasteiger partial charge in [0.15, 0.2) is 6.10 Å². The highest BCUT2D eigenvalue weighted by molar-refractivity contribution is 7.92. The molecule has 39 heavy (non-hydrogen) atoms. The van der Waals surface area contributed by atoms with Crippen LogP contribution in [-0.4, -0.2) is 72.2 Å². The number of carbonyl (C=O) groups is 1. The van der Waals surface area contributed by atoms with Crippen LogP contribution in [0.15, 0.2) is 47.4 Å². The number of rotatable bonds is 8. The van der Waals surface area contributed by atoms with Crippen molar-refractivity contribution >= 4 is 31.6 Å². The molecular weight excluding hydrogens is 542 g/mol. The predicted octanol–water partition coefficient (Wildman–Crippen LogP) is 2.88. The largest absolute Gasteiger partial charge is 0.492 e. The van der Waals surface area contributed by atoms with E-state index in [9.17, 15) is 21.6 Å². The van der Waals surface area contributed by atoms with Crippen LogP contribution in [0.4, 0.5) is 5.69 Å². The minimum Gasteiger partial charge on any atom is -0.492 e. The first-order chi connectivity index (χ1) is 18.3. The number of benzene rings is 2. The fourth-order valence-corrected chi connectivity index (χ4v) is 7.01. The average Bonchev–Trinajstić information content (AvgIpc) is 2.89. The molecule has 2 aromatic rings. The first-order valence-corrected chi connectivity index (χ1v) is 16.4. The summed E-state index contributed by atoms with van der Waals surface area (Å²) in [5, 5.41) is 2.73. The minimum absolute atomic E-state index is 0.137. The van der Waals surface area contributed by atoms with E-state index >= 15 is 0 Å². The van der Waals surface area contributed by atoms with E-state index in [-0.39, 0.29) is 30.0 Å². The molecule has 0 saturated carbocycles. The Morgan fingerprint density at radius 3 is 2.31 bits per heavy atom. The number of hydrogen-bond donors (Lipinski definition) is 1. The Bertz CT molecular complexity index is 1400. The summed E-state index contributed by atoms with van der Waals surface area (Å²) in [6, 6.07) is 11.6. The van der Waals surface area contributed by atoms with Crippen LogP contribution in [0, 0.1) is 0 Å². The quantitative estimate of drug-likeness (QED) is 0.477. The second kappa shape index (κ2) is 11.3. The van der Waals surface area contributed by atoms with Gasteiger partial charge >= 0.3 is 0 Å². The molecule has 0 unspecified atom stereocenters. The van der Waals surface area contributed by atoms with Crippen LogP contribution in [0.2, 0.25) is 0 Å². The molecule has 1 fully saturated rings. The van der Waals surface area contributed by atoms with Crippen molar-refractivity contribution < 1.29 is 31.1 Å².